The number of primary amides is 1. The van der Waals surface area contributed by atoms with Gasteiger partial charge in [-0.2, -0.15) is 0 Å². The fraction of sp³-hybridized carbons (Fsp3) is 0.208. The van der Waals surface area contributed by atoms with Gasteiger partial charge in [0.2, 0.25) is 5.91 Å². The van der Waals surface area contributed by atoms with E-state index in [1.54, 1.807) is 12.1 Å². The molecule has 9 heteroatoms. The average molecular weight is 492 g/mol. The van der Waals surface area contributed by atoms with Gasteiger partial charge in [0, 0.05) is 10.9 Å². The van der Waals surface area contributed by atoms with Gasteiger partial charge in [0.25, 0.3) is 5.56 Å². The quantitative estimate of drug-likeness (QED) is 0.253. The molecule has 2 N–H and O–H groups in total. The van der Waals surface area contributed by atoms with Gasteiger partial charge < -0.3 is 5.73 Å². The summed E-state index contributed by atoms with van der Waals surface area (Å²) in [5.41, 5.74) is 6.78. The molecule has 2 aromatic heterocycles. The summed E-state index contributed by atoms with van der Waals surface area (Å²) in [7, 11) is 0.500. The lowest BCUT2D eigenvalue weighted by atomic mass is 10.1. The van der Waals surface area contributed by atoms with Crippen LogP contribution >= 0.6 is 23.1 Å². The molecule has 0 spiro atoms. The number of fused-ring (bicyclic) bond motifs is 1. The maximum Gasteiger partial charge on any atom is 0.268 e. The zero-order valence-electron chi connectivity index (χ0n) is 19.0. The fourth-order valence-corrected chi connectivity index (χ4v) is 4.54. The molecule has 0 radical (unpaired) electrons. The van der Waals surface area contributed by atoms with Crippen molar-refractivity contribution in [3.05, 3.63) is 82.3 Å². The summed E-state index contributed by atoms with van der Waals surface area (Å²) >= 11 is 2.37. The summed E-state index contributed by atoms with van der Waals surface area (Å²) in [6.07, 6.45) is 7.21. The minimum atomic E-state index is -0.536. The Morgan fingerprint density at radius 3 is 2.61 bits per heavy atom. The summed E-state index contributed by atoms with van der Waals surface area (Å²) in [4.78, 5) is 29.9. The number of thiophene rings is 1. The second-order valence-electron chi connectivity index (χ2n) is 5.96. The average Bonchev–Trinajstić information content (AvgIpc) is 3.24. The number of aromatic nitrogens is 2. The highest BCUT2D eigenvalue weighted by atomic mass is 32.2. The Labute approximate surface area is 200 Å². The van der Waals surface area contributed by atoms with Crippen molar-refractivity contribution in [3.8, 4) is 5.69 Å². The molecule has 0 bridgehead atoms. The Bertz CT molecular complexity index is 1210. The van der Waals surface area contributed by atoms with Crippen LogP contribution in [-0.4, -0.2) is 28.4 Å². The third-order valence-electron chi connectivity index (χ3n) is 3.94. The predicted octanol–water partition coefficient (Wildman–Crippen LogP) is 5.92. The molecule has 33 heavy (non-hydrogen) atoms. The number of carbonyl (C=O) groups excluding carboxylic acids is 1. The van der Waals surface area contributed by atoms with Gasteiger partial charge >= 0.3 is 0 Å². The third-order valence-corrected chi connectivity index (χ3v) is 5.77. The lowest BCUT2D eigenvalue weighted by molar-refractivity contribution is -0.115. The fourth-order valence-electron chi connectivity index (χ4n) is 2.80. The van der Waals surface area contributed by atoms with Crippen molar-refractivity contribution in [2.24, 2.45) is 5.73 Å². The highest BCUT2D eigenvalue weighted by molar-refractivity contribution is 7.99. The van der Waals surface area contributed by atoms with Crippen LogP contribution in [0.4, 0.5) is 8.78 Å². The molecule has 1 aromatic carbocycles. The second kappa shape index (κ2) is 14.2. The Morgan fingerprint density at radius 1 is 1.33 bits per heavy atom. The number of nitrogens with two attached hydrogens (primary N) is 1. The number of rotatable bonds is 7. The number of hydrogen-bond acceptors (Lipinski definition) is 5. The van der Waals surface area contributed by atoms with E-state index in [1.807, 2.05) is 44.4 Å². The number of alkyl halides is 1. The van der Waals surface area contributed by atoms with Gasteiger partial charge in [0.05, 0.1) is 24.0 Å². The third kappa shape index (κ3) is 6.97. The van der Waals surface area contributed by atoms with Gasteiger partial charge in [-0.1, -0.05) is 62.6 Å². The van der Waals surface area contributed by atoms with E-state index in [2.05, 4.69) is 11.6 Å². The molecule has 3 rings (SSSR count). The number of carbonyl (C=O) groups is 1. The van der Waals surface area contributed by atoms with E-state index in [9.17, 15) is 18.4 Å². The molecule has 0 fully saturated rings. The van der Waals surface area contributed by atoms with Gasteiger partial charge in [0.1, 0.15) is 10.6 Å². The molecule has 2 heterocycles. The maximum absolute atomic E-state index is 13.8. The molecule has 0 aliphatic heterocycles. The molecule has 0 aliphatic carbocycles. The minimum absolute atomic E-state index is 0.0499. The first-order valence-electron chi connectivity index (χ1n) is 10.0. The Balaban J connectivity index is 0.00000129. The molecular formula is C24H27F2N3O2S2. The van der Waals surface area contributed by atoms with E-state index in [4.69, 9.17) is 5.73 Å². The highest BCUT2D eigenvalue weighted by Crippen LogP contribution is 2.31. The standard InChI is InChI=1S/C21H18FN3O2S2.C2H6.CH3F/c1-3-6-13(7-4-2)16-11-28-19-18(16)20(27)25(15-9-5-8-14(22)10-15)21(24-19)29-12-17(23)26;2*1-2/h3-11H,1,12H2,2H3,(H2,23,26);1-2H3;1H3/b7-4-,13-6+;;. The van der Waals surface area contributed by atoms with Crippen LogP contribution in [0.15, 0.2) is 70.5 Å². The zero-order valence-corrected chi connectivity index (χ0v) is 20.6. The molecule has 5 nitrogen and oxygen atoms in total. The first-order valence-corrected chi connectivity index (χ1v) is 11.9. The zero-order chi connectivity index (χ0) is 25.0. The highest BCUT2D eigenvalue weighted by Gasteiger charge is 2.19. The number of nitrogens with zero attached hydrogens (tertiary/aromatic N) is 2. The van der Waals surface area contributed by atoms with Gasteiger partial charge in [0.15, 0.2) is 5.16 Å². The van der Waals surface area contributed by atoms with Crippen molar-refractivity contribution in [2.75, 3.05) is 12.9 Å². The monoisotopic (exact) mass is 491 g/mol. The number of hydrogen-bond donors (Lipinski definition) is 1. The predicted molar refractivity (Wildman–Crippen MR) is 136 cm³/mol. The topological polar surface area (TPSA) is 78.0 Å². The molecule has 176 valence electrons. The summed E-state index contributed by atoms with van der Waals surface area (Å²) in [6.45, 7) is 9.61. The van der Waals surface area contributed by atoms with Crippen LogP contribution in [0, 0.1) is 5.82 Å². The van der Waals surface area contributed by atoms with Gasteiger partial charge in [-0.15, -0.1) is 11.3 Å². The van der Waals surface area contributed by atoms with Gasteiger partial charge in [-0.05, 0) is 30.7 Å². The van der Waals surface area contributed by atoms with Crippen LogP contribution in [0.2, 0.25) is 0 Å². The molecule has 1 amide bonds. The normalized spacial score (nSPS) is 10.9. The van der Waals surface area contributed by atoms with Crippen molar-refractivity contribution in [3.63, 3.8) is 0 Å². The molecule has 0 saturated carbocycles. The van der Waals surface area contributed by atoms with Crippen LogP contribution in [0.3, 0.4) is 0 Å². The van der Waals surface area contributed by atoms with Crippen molar-refractivity contribution >= 4 is 44.8 Å². The lowest BCUT2D eigenvalue weighted by Crippen LogP contribution is -2.23. The first kappa shape index (κ1) is 28.0. The van der Waals surface area contributed by atoms with Crippen LogP contribution in [0.5, 0.6) is 0 Å². The molecule has 0 atom stereocenters. The summed E-state index contributed by atoms with van der Waals surface area (Å²) in [5, 5.41) is 2.56. The smallest absolute Gasteiger partial charge is 0.268 e. The Hall–Kier alpha value is -3.04. The largest absolute Gasteiger partial charge is 0.369 e. The number of halogens is 2. The molecule has 0 saturated heterocycles. The van der Waals surface area contributed by atoms with E-state index >= 15 is 0 Å². The van der Waals surface area contributed by atoms with Crippen molar-refractivity contribution < 1.29 is 13.6 Å². The Morgan fingerprint density at radius 2 is 2.03 bits per heavy atom. The number of thioether (sulfide) groups is 1. The van der Waals surface area contributed by atoms with Crippen LogP contribution in [0.25, 0.3) is 21.5 Å². The van der Waals surface area contributed by atoms with Crippen LogP contribution in [0.1, 0.15) is 26.3 Å². The Kier molecular flexibility index (Phi) is 12.0. The lowest BCUT2D eigenvalue weighted by Gasteiger charge is -2.12. The minimum Gasteiger partial charge on any atom is -0.369 e. The van der Waals surface area contributed by atoms with Crippen LogP contribution < -0.4 is 11.3 Å². The van der Waals surface area contributed by atoms with E-state index in [-0.39, 0.29) is 16.5 Å². The van der Waals surface area contributed by atoms with E-state index in [0.717, 1.165) is 22.9 Å². The van der Waals surface area contributed by atoms with E-state index < -0.39 is 11.7 Å². The van der Waals surface area contributed by atoms with Gasteiger partial charge in [-0.3, -0.25) is 18.5 Å². The summed E-state index contributed by atoms with van der Waals surface area (Å²) in [5.74, 6) is -1.07. The SMILES string of the molecule is C=C/C=C(\C=C/C)c1csc2nc(SCC(N)=O)n(-c3cccc(F)c3)c(=O)c12.CC.CF. The molecule has 3 aromatic rings. The number of allylic oxidation sites excluding steroid dienone is 5. The van der Waals surface area contributed by atoms with E-state index in [1.165, 1.54) is 34.1 Å². The maximum atomic E-state index is 13.8. The molecule has 0 unspecified atom stereocenters. The first-order chi connectivity index (χ1) is 16.0. The van der Waals surface area contributed by atoms with Crippen molar-refractivity contribution in [2.45, 2.75) is 25.9 Å². The molecular weight excluding hydrogens is 464 g/mol. The summed E-state index contributed by atoms with van der Waals surface area (Å²) in [6, 6.07) is 5.68. The molecule has 0 aliphatic rings. The summed E-state index contributed by atoms with van der Waals surface area (Å²) < 4.78 is 24.7. The van der Waals surface area contributed by atoms with Crippen molar-refractivity contribution in [1.29, 1.82) is 0 Å². The van der Waals surface area contributed by atoms with Crippen LogP contribution in [-0.2, 0) is 4.79 Å². The number of amides is 1. The van der Waals surface area contributed by atoms with Gasteiger partial charge in [-0.25, -0.2) is 9.37 Å². The second-order valence-corrected chi connectivity index (χ2v) is 7.76. The van der Waals surface area contributed by atoms with E-state index in [0.29, 0.717) is 23.1 Å². The van der Waals surface area contributed by atoms with Crippen molar-refractivity contribution in [1.82, 2.24) is 9.55 Å². The number of benzene rings is 1.